The van der Waals surface area contributed by atoms with E-state index in [4.69, 9.17) is 0 Å². The van der Waals surface area contributed by atoms with Gasteiger partial charge in [0.2, 0.25) is 0 Å². The van der Waals surface area contributed by atoms with Crippen LogP contribution in [0, 0.1) is 6.92 Å². The molecule has 0 unspecified atom stereocenters. The van der Waals surface area contributed by atoms with Gasteiger partial charge < -0.3 is 0 Å². The van der Waals surface area contributed by atoms with Gasteiger partial charge in [0.15, 0.2) is 10.9 Å². The highest BCUT2D eigenvalue weighted by atomic mass is 32.2. The van der Waals surface area contributed by atoms with Crippen molar-refractivity contribution in [2.75, 3.05) is 19.3 Å². The van der Waals surface area contributed by atoms with E-state index < -0.39 is 0 Å². The number of hydrogen-bond acceptors (Lipinski definition) is 5. The molecule has 3 rings (SSSR count). The first-order chi connectivity index (χ1) is 10.2. The molecule has 1 aliphatic rings. The second-order valence-corrected chi connectivity index (χ2v) is 5.36. The fraction of sp³-hybridized carbons (Fsp3) is 0.286. The van der Waals surface area contributed by atoms with Crippen LogP contribution >= 0.6 is 11.8 Å². The highest BCUT2D eigenvalue weighted by molar-refractivity contribution is 8.13. The normalized spacial score (nSPS) is 14.4. The Kier molecular flexibility index (Phi) is 3.74. The number of carbonyl (C=O) groups excluding carboxylic acids is 1. The van der Waals surface area contributed by atoms with Crippen LogP contribution < -0.4 is 0 Å². The van der Waals surface area contributed by atoms with Crippen LogP contribution in [0.4, 0.5) is 0 Å². The highest BCUT2D eigenvalue weighted by Crippen LogP contribution is 2.16. The van der Waals surface area contributed by atoms with E-state index in [0.29, 0.717) is 24.5 Å². The Hall–Kier alpha value is -2.15. The fourth-order valence-corrected chi connectivity index (χ4v) is 2.79. The van der Waals surface area contributed by atoms with Crippen LogP contribution in [0.1, 0.15) is 16.2 Å². The van der Waals surface area contributed by atoms with Crippen molar-refractivity contribution in [2.45, 2.75) is 6.92 Å². The lowest BCUT2D eigenvalue weighted by atomic mass is 10.3. The molecule has 0 atom stereocenters. The lowest BCUT2D eigenvalue weighted by molar-refractivity contribution is 0.0854. The maximum Gasteiger partial charge on any atom is 0.282 e. The van der Waals surface area contributed by atoms with Gasteiger partial charge in [-0.1, -0.05) is 30.0 Å². The summed E-state index contributed by atoms with van der Waals surface area (Å²) in [4.78, 5) is 20.1. The van der Waals surface area contributed by atoms with Crippen LogP contribution in [-0.4, -0.2) is 50.3 Å². The van der Waals surface area contributed by atoms with E-state index in [1.807, 2.05) is 36.6 Å². The number of amides is 1. The molecule has 2 heterocycles. The first-order valence-corrected chi connectivity index (χ1v) is 7.83. The standard InChI is InChI=1S/C14H15N5OS/c1-10-12(13(20)18-9-8-15-14(18)21-2)17-19(16-10)11-6-4-3-5-7-11/h3-7H,8-9H2,1-2H3. The van der Waals surface area contributed by atoms with Crippen molar-refractivity contribution >= 4 is 22.8 Å². The molecular weight excluding hydrogens is 286 g/mol. The molecule has 2 aromatic rings. The molecule has 0 radical (unpaired) electrons. The zero-order valence-electron chi connectivity index (χ0n) is 11.9. The molecule has 21 heavy (non-hydrogen) atoms. The molecule has 108 valence electrons. The van der Waals surface area contributed by atoms with E-state index in [0.717, 1.165) is 10.9 Å². The first-order valence-electron chi connectivity index (χ1n) is 6.60. The lowest BCUT2D eigenvalue weighted by Crippen LogP contribution is -2.33. The number of para-hydroxylation sites is 1. The van der Waals surface area contributed by atoms with Gasteiger partial charge in [-0.25, -0.2) is 0 Å². The molecular formula is C14H15N5OS. The molecule has 0 N–H and O–H groups in total. The quantitative estimate of drug-likeness (QED) is 0.848. The van der Waals surface area contributed by atoms with E-state index >= 15 is 0 Å². The number of nitrogens with zero attached hydrogens (tertiary/aromatic N) is 5. The van der Waals surface area contributed by atoms with Crippen LogP contribution in [0.5, 0.6) is 0 Å². The second kappa shape index (κ2) is 5.69. The topological polar surface area (TPSA) is 63.4 Å². The number of aryl methyl sites for hydroxylation is 1. The van der Waals surface area contributed by atoms with E-state index in [-0.39, 0.29) is 5.91 Å². The molecule has 1 aliphatic heterocycles. The smallest absolute Gasteiger partial charge is 0.282 e. The molecule has 1 aromatic carbocycles. The minimum Gasteiger partial charge on any atom is -0.284 e. The largest absolute Gasteiger partial charge is 0.284 e. The van der Waals surface area contributed by atoms with E-state index in [9.17, 15) is 4.79 Å². The Balaban J connectivity index is 1.92. The Bertz CT molecular complexity index is 695. The highest BCUT2D eigenvalue weighted by Gasteiger charge is 2.28. The maximum absolute atomic E-state index is 12.6. The number of aromatic nitrogens is 3. The van der Waals surface area contributed by atoms with Gasteiger partial charge in [-0.3, -0.25) is 14.7 Å². The van der Waals surface area contributed by atoms with E-state index in [2.05, 4.69) is 15.2 Å². The molecule has 7 heteroatoms. The average Bonchev–Trinajstić information content (AvgIpc) is 3.13. The third kappa shape index (κ3) is 2.56. The molecule has 0 spiro atoms. The summed E-state index contributed by atoms with van der Waals surface area (Å²) < 4.78 is 0. The van der Waals surface area contributed by atoms with Crippen molar-refractivity contribution in [1.29, 1.82) is 0 Å². The van der Waals surface area contributed by atoms with Gasteiger partial charge in [0.1, 0.15) is 0 Å². The molecule has 6 nitrogen and oxygen atoms in total. The Morgan fingerprint density at radius 3 is 2.71 bits per heavy atom. The van der Waals surface area contributed by atoms with Gasteiger partial charge in [0.25, 0.3) is 5.91 Å². The molecule has 0 fully saturated rings. The van der Waals surface area contributed by atoms with Crippen molar-refractivity contribution in [2.24, 2.45) is 4.99 Å². The minimum atomic E-state index is -0.139. The van der Waals surface area contributed by atoms with Crippen molar-refractivity contribution in [3.8, 4) is 5.69 Å². The molecule has 0 saturated carbocycles. The SMILES string of the molecule is CSC1=NCCN1C(=O)c1nn(-c2ccccc2)nc1C. The molecule has 1 aromatic heterocycles. The van der Waals surface area contributed by atoms with Crippen LogP contribution in [0.15, 0.2) is 35.3 Å². The third-order valence-corrected chi connectivity index (χ3v) is 3.92. The number of carbonyl (C=O) groups is 1. The van der Waals surface area contributed by atoms with Crippen molar-refractivity contribution in [3.05, 3.63) is 41.7 Å². The first kappa shape index (κ1) is 13.8. The molecule has 1 amide bonds. The number of rotatable bonds is 2. The van der Waals surface area contributed by atoms with Gasteiger partial charge in [0.05, 0.1) is 17.9 Å². The molecule has 0 aliphatic carbocycles. The predicted octanol–water partition coefficient (Wildman–Crippen LogP) is 1.75. The van der Waals surface area contributed by atoms with Crippen LogP contribution in [0.2, 0.25) is 0 Å². The zero-order chi connectivity index (χ0) is 14.8. The summed E-state index contributed by atoms with van der Waals surface area (Å²) in [6.07, 6.45) is 1.91. The third-order valence-electron chi connectivity index (χ3n) is 3.20. The van der Waals surface area contributed by atoms with Gasteiger partial charge in [-0.2, -0.15) is 9.90 Å². The summed E-state index contributed by atoms with van der Waals surface area (Å²) in [6, 6.07) is 9.55. The van der Waals surface area contributed by atoms with E-state index in [1.54, 1.807) is 11.8 Å². The summed E-state index contributed by atoms with van der Waals surface area (Å²) >= 11 is 1.47. The van der Waals surface area contributed by atoms with Crippen LogP contribution in [0.3, 0.4) is 0 Å². The average molecular weight is 301 g/mol. The Morgan fingerprint density at radius 1 is 1.24 bits per heavy atom. The van der Waals surface area contributed by atoms with Crippen molar-refractivity contribution < 1.29 is 4.79 Å². The van der Waals surface area contributed by atoms with Gasteiger partial charge in [-0.05, 0) is 25.3 Å². The lowest BCUT2D eigenvalue weighted by Gasteiger charge is -2.15. The second-order valence-electron chi connectivity index (χ2n) is 4.58. The van der Waals surface area contributed by atoms with E-state index in [1.165, 1.54) is 16.6 Å². The molecule has 0 saturated heterocycles. The number of thioether (sulfide) groups is 1. The number of benzene rings is 1. The molecule has 0 bridgehead atoms. The summed E-state index contributed by atoms with van der Waals surface area (Å²) in [5.41, 5.74) is 1.83. The Morgan fingerprint density at radius 2 is 2.00 bits per heavy atom. The van der Waals surface area contributed by atoms with Crippen molar-refractivity contribution in [3.63, 3.8) is 0 Å². The monoisotopic (exact) mass is 301 g/mol. The van der Waals surface area contributed by atoms with Gasteiger partial charge in [0, 0.05) is 6.54 Å². The minimum absolute atomic E-state index is 0.139. The van der Waals surface area contributed by atoms with Crippen LogP contribution in [-0.2, 0) is 0 Å². The summed E-state index contributed by atoms with van der Waals surface area (Å²) in [6.45, 7) is 3.05. The summed E-state index contributed by atoms with van der Waals surface area (Å²) in [7, 11) is 0. The fourth-order valence-electron chi connectivity index (χ4n) is 2.17. The van der Waals surface area contributed by atoms with Crippen molar-refractivity contribution in [1.82, 2.24) is 19.9 Å². The van der Waals surface area contributed by atoms with Crippen LogP contribution in [0.25, 0.3) is 5.69 Å². The van der Waals surface area contributed by atoms with Gasteiger partial charge in [-0.15, -0.1) is 5.10 Å². The zero-order valence-corrected chi connectivity index (χ0v) is 12.7. The van der Waals surface area contributed by atoms with Gasteiger partial charge >= 0.3 is 0 Å². The summed E-state index contributed by atoms with van der Waals surface area (Å²) in [5.74, 6) is -0.139. The number of hydrogen-bond donors (Lipinski definition) is 0. The number of amidine groups is 1. The maximum atomic E-state index is 12.6. The summed E-state index contributed by atoms with van der Waals surface area (Å²) in [5, 5.41) is 9.42. The Labute approximate surface area is 126 Å². The number of aliphatic imine (C=N–C) groups is 1. The predicted molar refractivity (Wildman–Crippen MR) is 82.9 cm³/mol.